The van der Waals surface area contributed by atoms with Crippen LogP contribution in [0.3, 0.4) is 0 Å². The summed E-state index contributed by atoms with van der Waals surface area (Å²) < 4.78 is 16.6. The number of rotatable bonds is 8. The average Bonchev–Trinajstić information content (AvgIpc) is 3.19. The Morgan fingerprint density at radius 1 is 1.03 bits per heavy atom. The number of esters is 1. The molecule has 0 saturated carbocycles. The maximum atomic E-state index is 12.6. The Kier molecular flexibility index (Phi) is 8.82. The van der Waals surface area contributed by atoms with Crippen molar-refractivity contribution in [1.29, 1.82) is 0 Å². The van der Waals surface area contributed by atoms with Crippen LogP contribution < -0.4 is 9.47 Å². The Balaban J connectivity index is 1.60. The van der Waals surface area contributed by atoms with Crippen molar-refractivity contribution < 1.29 is 24.1 Å². The number of thioether (sulfide) groups is 1. The van der Waals surface area contributed by atoms with E-state index in [2.05, 4.69) is 4.99 Å². The van der Waals surface area contributed by atoms with Crippen LogP contribution in [0.2, 0.25) is 10.0 Å². The van der Waals surface area contributed by atoms with Crippen molar-refractivity contribution in [1.82, 2.24) is 0 Å². The lowest BCUT2D eigenvalue weighted by Crippen LogP contribution is -2.12. The molecule has 1 heterocycles. The Morgan fingerprint density at radius 3 is 2.51 bits per heavy atom. The van der Waals surface area contributed by atoms with Crippen LogP contribution in [0.25, 0.3) is 6.08 Å². The van der Waals surface area contributed by atoms with Crippen molar-refractivity contribution in [2.75, 3.05) is 13.7 Å². The molecule has 4 rings (SSSR count). The zero-order valence-electron chi connectivity index (χ0n) is 20.0. The van der Waals surface area contributed by atoms with E-state index in [1.54, 1.807) is 44.4 Å². The van der Waals surface area contributed by atoms with E-state index in [1.807, 2.05) is 42.5 Å². The predicted molar refractivity (Wildman–Crippen MR) is 149 cm³/mol. The number of halogens is 2. The molecule has 37 heavy (non-hydrogen) atoms. The van der Waals surface area contributed by atoms with E-state index in [-0.39, 0.29) is 24.5 Å². The van der Waals surface area contributed by atoms with Crippen LogP contribution in [-0.2, 0) is 16.1 Å². The molecule has 3 aromatic rings. The minimum absolute atomic E-state index is 0.0375. The average molecular weight is 556 g/mol. The van der Waals surface area contributed by atoms with Crippen molar-refractivity contribution >= 4 is 57.7 Å². The van der Waals surface area contributed by atoms with Gasteiger partial charge in [-0.25, -0.2) is 9.79 Å². The minimum atomic E-state index is -0.630. The van der Waals surface area contributed by atoms with Gasteiger partial charge in [-0.3, -0.25) is 0 Å². The summed E-state index contributed by atoms with van der Waals surface area (Å²) >= 11 is 13.3. The van der Waals surface area contributed by atoms with Crippen molar-refractivity contribution in [2.45, 2.75) is 13.5 Å². The second-order valence-electron chi connectivity index (χ2n) is 7.75. The summed E-state index contributed by atoms with van der Waals surface area (Å²) in [4.78, 5) is 17.6. The standard InChI is InChI=1S/C28H23Cl2NO5S/c1-3-35-28(33)25-26(32)24(37-27(25)31-19-7-5-4-6-8-19)15-17-10-12-22(23(14-17)34-2)36-16-18-9-11-20(29)21(30)13-18/h4-15,32H,3,16H2,1-2H3/b24-15-,31-27?. The molecule has 3 aromatic carbocycles. The highest BCUT2D eigenvalue weighted by Crippen LogP contribution is 2.41. The van der Waals surface area contributed by atoms with Crippen LogP contribution in [0, 0.1) is 0 Å². The minimum Gasteiger partial charge on any atom is -0.506 e. The van der Waals surface area contributed by atoms with Gasteiger partial charge in [0.15, 0.2) is 11.5 Å². The number of ether oxygens (including phenoxy) is 3. The van der Waals surface area contributed by atoms with Gasteiger partial charge in [0, 0.05) is 0 Å². The zero-order chi connectivity index (χ0) is 26.4. The molecule has 0 bridgehead atoms. The van der Waals surface area contributed by atoms with E-state index >= 15 is 0 Å². The zero-order valence-corrected chi connectivity index (χ0v) is 22.4. The molecule has 0 aromatic heterocycles. The SMILES string of the molecule is CCOC(=O)C1=C(O)/C(=C/c2ccc(OCc3ccc(Cl)c(Cl)c3)c(OC)c2)SC1=Nc1ccccc1. The lowest BCUT2D eigenvalue weighted by Gasteiger charge is -2.12. The smallest absolute Gasteiger partial charge is 0.344 e. The second-order valence-corrected chi connectivity index (χ2v) is 9.60. The highest BCUT2D eigenvalue weighted by Gasteiger charge is 2.33. The largest absolute Gasteiger partial charge is 0.506 e. The molecule has 0 saturated heterocycles. The Morgan fingerprint density at radius 2 is 1.81 bits per heavy atom. The summed E-state index contributed by atoms with van der Waals surface area (Å²) in [5.41, 5.74) is 2.29. The molecule has 0 radical (unpaired) electrons. The van der Waals surface area contributed by atoms with Gasteiger partial charge in [-0.05, 0) is 60.5 Å². The summed E-state index contributed by atoms with van der Waals surface area (Å²) in [7, 11) is 1.55. The number of aliphatic hydroxyl groups is 1. The van der Waals surface area contributed by atoms with E-state index < -0.39 is 5.97 Å². The van der Waals surface area contributed by atoms with Gasteiger partial charge in [0.25, 0.3) is 0 Å². The van der Waals surface area contributed by atoms with Crippen LogP contribution in [0.1, 0.15) is 18.1 Å². The summed E-state index contributed by atoms with van der Waals surface area (Å²) in [6.45, 7) is 2.16. The van der Waals surface area contributed by atoms with Gasteiger partial charge in [-0.1, -0.05) is 65.3 Å². The van der Waals surface area contributed by atoms with Gasteiger partial charge < -0.3 is 19.3 Å². The van der Waals surface area contributed by atoms with Crippen LogP contribution in [0.4, 0.5) is 5.69 Å². The fourth-order valence-corrected chi connectivity index (χ4v) is 4.80. The first-order chi connectivity index (χ1) is 17.9. The third kappa shape index (κ3) is 6.49. The Bertz CT molecular complexity index is 1400. The number of carbonyl (C=O) groups is 1. The lowest BCUT2D eigenvalue weighted by molar-refractivity contribution is -0.138. The molecular formula is C28H23Cl2NO5S. The fourth-order valence-electron chi connectivity index (χ4n) is 3.45. The molecule has 0 unspecified atom stereocenters. The van der Waals surface area contributed by atoms with Crippen LogP contribution in [0.15, 0.2) is 88.0 Å². The molecular weight excluding hydrogens is 533 g/mol. The number of carbonyl (C=O) groups excluding carboxylic acids is 1. The summed E-state index contributed by atoms with van der Waals surface area (Å²) in [5.74, 6) is 0.226. The van der Waals surface area contributed by atoms with Crippen LogP contribution in [0.5, 0.6) is 11.5 Å². The number of para-hydroxylation sites is 1. The molecule has 0 aliphatic carbocycles. The number of methoxy groups -OCH3 is 1. The monoisotopic (exact) mass is 555 g/mol. The van der Waals surface area contributed by atoms with E-state index in [0.29, 0.717) is 37.2 Å². The van der Waals surface area contributed by atoms with Gasteiger partial charge in [-0.2, -0.15) is 0 Å². The fraction of sp³-hybridized carbons (Fsp3) is 0.143. The number of aliphatic hydroxyl groups excluding tert-OH is 1. The Hall–Kier alpha value is -3.39. The number of nitrogens with zero attached hydrogens (tertiary/aromatic N) is 1. The van der Waals surface area contributed by atoms with Crippen molar-refractivity contribution in [3.8, 4) is 11.5 Å². The lowest BCUT2D eigenvalue weighted by atomic mass is 10.1. The van der Waals surface area contributed by atoms with Crippen molar-refractivity contribution in [3.63, 3.8) is 0 Å². The van der Waals surface area contributed by atoms with E-state index in [1.165, 1.54) is 11.8 Å². The molecule has 9 heteroatoms. The third-order valence-corrected chi connectivity index (χ3v) is 6.98. The van der Waals surface area contributed by atoms with E-state index in [9.17, 15) is 9.90 Å². The highest BCUT2D eigenvalue weighted by molar-refractivity contribution is 8.18. The molecule has 1 aliphatic heterocycles. The molecule has 190 valence electrons. The summed E-state index contributed by atoms with van der Waals surface area (Å²) in [6.07, 6.45) is 1.75. The van der Waals surface area contributed by atoms with Gasteiger partial charge in [-0.15, -0.1) is 0 Å². The second kappa shape index (κ2) is 12.2. The molecule has 0 atom stereocenters. The highest BCUT2D eigenvalue weighted by atomic mass is 35.5. The molecule has 0 amide bonds. The molecule has 0 fully saturated rings. The first kappa shape index (κ1) is 26.7. The molecule has 1 aliphatic rings. The summed E-state index contributed by atoms with van der Waals surface area (Å²) in [6, 6.07) is 19.9. The van der Waals surface area contributed by atoms with Gasteiger partial charge in [0.2, 0.25) is 0 Å². The Labute approximate surface area is 229 Å². The summed E-state index contributed by atoms with van der Waals surface area (Å²) in [5, 5.41) is 12.2. The maximum absolute atomic E-state index is 12.6. The number of aliphatic imine (C=N–C) groups is 1. The quantitative estimate of drug-likeness (QED) is 0.286. The van der Waals surface area contributed by atoms with Gasteiger partial charge in [0.05, 0.1) is 34.4 Å². The van der Waals surface area contributed by atoms with Crippen molar-refractivity contribution in [3.05, 3.63) is 104 Å². The molecule has 1 N–H and O–H groups in total. The predicted octanol–water partition coefficient (Wildman–Crippen LogP) is 7.77. The number of benzene rings is 3. The molecule has 0 spiro atoms. The van der Waals surface area contributed by atoms with Crippen LogP contribution >= 0.6 is 35.0 Å². The normalized spacial score (nSPS) is 15.4. The van der Waals surface area contributed by atoms with Gasteiger partial charge in [0.1, 0.15) is 23.0 Å². The van der Waals surface area contributed by atoms with E-state index in [0.717, 1.165) is 11.1 Å². The van der Waals surface area contributed by atoms with Crippen LogP contribution in [-0.4, -0.2) is 29.8 Å². The topological polar surface area (TPSA) is 77.4 Å². The number of hydrogen-bond acceptors (Lipinski definition) is 7. The first-order valence-corrected chi connectivity index (χ1v) is 12.9. The maximum Gasteiger partial charge on any atom is 0.344 e. The van der Waals surface area contributed by atoms with Crippen molar-refractivity contribution in [2.24, 2.45) is 4.99 Å². The number of hydrogen-bond donors (Lipinski definition) is 1. The molecule has 6 nitrogen and oxygen atoms in total. The van der Waals surface area contributed by atoms with E-state index in [4.69, 9.17) is 37.4 Å². The first-order valence-electron chi connectivity index (χ1n) is 11.3. The van der Waals surface area contributed by atoms with Gasteiger partial charge >= 0.3 is 5.97 Å². The third-order valence-electron chi connectivity index (χ3n) is 5.22.